The molecule has 0 atom stereocenters. The SMILES string of the molecule is CCCCCCCCC(O)=CN(C=C(O)CCCCCCCC)CCCCCCCC. The van der Waals surface area contributed by atoms with Crippen molar-refractivity contribution in [2.24, 2.45) is 0 Å². The maximum atomic E-state index is 10.4. The third kappa shape index (κ3) is 21.9. The first-order chi connectivity index (χ1) is 15.1. The van der Waals surface area contributed by atoms with E-state index >= 15 is 0 Å². The highest BCUT2D eigenvalue weighted by Gasteiger charge is 2.04. The minimum absolute atomic E-state index is 0.449. The van der Waals surface area contributed by atoms with Crippen LogP contribution < -0.4 is 0 Å². The molecule has 0 aromatic carbocycles. The molecule has 0 saturated heterocycles. The van der Waals surface area contributed by atoms with Crippen LogP contribution in [0.2, 0.25) is 0 Å². The molecule has 0 spiro atoms. The second-order valence-electron chi connectivity index (χ2n) is 9.28. The van der Waals surface area contributed by atoms with Gasteiger partial charge >= 0.3 is 0 Å². The van der Waals surface area contributed by atoms with E-state index in [9.17, 15) is 10.2 Å². The van der Waals surface area contributed by atoms with Gasteiger partial charge < -0.3 is 15.1 Å². The molecule has 0 aromatic heterocycles. The Balaban J connectivity index is 4.46. The molecule has 3 heteroatoms. The Kier molecular flexibility index (Phi) is 22.7. The minimum Gasteiger partial charge on any atom is -0.511 e. The summed E-state index contributed by atoms with van der Waals surface area (Å²) in [5, 5.41) is 20.8. The van der Waals surface area contributed by atoms with Crippen molar-refractivity contribution in [1.82, 2.24) is 4.90 Å². The van der Waals surface area contributed by atoms with Crippen LogP contribution in [0.1, 0.15) is 149 Å². The fourth-order valence-corrected chi connectivity index (χ4v) is 3.93. The average molecular weight is 438 g/mol. The molecule has 0 fully saturated rings. The van der Waals surface area contributed by atoms with Crippen molar-refractivity contribution < 1.29 is 10.2 Å². The van der Waals surface area contributed by atoms with Gasteiger partial charge in [-0.15, -0.1) is 0 Å². The molecule has 0 heterocycles. The number of unbranched alkanes of at least 4 members (excludes halogenated alkanes) is 15. The van der Waals surface area contributed by atoms with Gasteiger partial charge in [0.25, 0.3) is 0 Å². The Morgan fingerprint density at radius 2 is 0.806 bits per heavy atom. The molecule has 0 rings (SSSR count). The Morgan fingerprint density at radius 3 is 1.19 bits per heavy atom. The summed E-state index contributed by atoms with van der Waals surface area (Å²) in [6.45, 7) is 7.59. The van der Waals surface area contributed by atoms with E-state index in [-0.39, 0.29) is 0 Å². The van der Waals surface area contributed by atoms with Gasteiger partial charge in [-0.2, -0.15) is 0 Å². The van der Waals surface area contributed by atoms with Crippen molar-refractivity contribution in [3.8, 4) is 0 Å². The molecule has 0 aromatic rings. The standard InChI is InChI=1S/C28H55NO2/c1-4-7-10-13-16-19-22-27(30)25-29(24-21-18-15-12-9-6-3)26-28(31)23-20-17-14-11-8-5-2/h25-26,30-31H,4-24H2,1-3H3. The average Bonchev–Trinajstić information content (AvgIpc) is 2.75. The van der Waals surface area contributed by atoms with Gasteiger partial charge in [-0.05, 0) is 19.3 Å². The fourth-order valence-electron chi connectivity index (χ4n) is 3.93. The molecule has 0 aliphatic rings. The summed E-state index contributed by atoms with van der Waals surface area (Å²) in [4.78, 5) is 2.03. The number of allylic oxidation sites excluding steroid dienone is 2. The third-order valence-corrected chi connectivity index (χ3v) is 5.97. The van der Waals surface area contributed by atoms with Gasteiger partial charge in [-0.3, -0.25) is 0 Å². The van der Waals surface area contributed by atoms with Crippen LogP contribution in [0.15, 0.2) is 23.9 Å². The molecule has 0 amide bonds. The highest BCUT2D eigenvalue weighted by molar-refractivity contribution is 4.99. The first kappa shape index (κ1) is 29.9. The van der Waals surface area contributed by atoms with Gasteiger partial charge in [-0.1, -0.05) is 117 Å². The zero-order chi connectivity index (χ0) is 23.0. The van der Waals surface area contributed by atoms with Crippen LogP contribution in [0.5, 0.6) is 0 Å². The number of rotatable bonds is 23. The molecule has 2 N–H and O–H groups in total. The summed E-state index contributed by atoms with van der Waals surface area (Å²) in [6, 6.07) is 0. The van der Waals surface area contributed by atoms with Crippen molar-refractivity contribution in [3.63, 3.8) is 0 Å². The number of hydrogen-bond donors (Lipinski definition) is 2. The van der Waals surface area contributed by atoms with E-state index in [1.807, 2.05) is 17.3 Å². The van der Waals surface area contributed by atoms with E-state index in [1.54, 1.807) is 0 Å². The van der Waals surface area contributed by atoms with Crippen molar-refractivity contribution in [2.45, 2.75) is 149 Å². The van der Waals surface area contributed by atoms with Crippen LogP contribution in [-0.4, -0.2) is 21.7 Å². The smallest absolute Gasteiger partial charge is 0.108 e. The molecule has 31 heavy (non-hydrogen) atoms. The molecule has 184 valence electrons. The second-order valence-corrected chi connectivity index (χ2v) is 9.28. The first-order valence-electron chi connectivity index (χ1n) is 13.7. The fraction of sp³-hybridized carbons (Fsp3) is 0.857. The monoisotopic (exact) mass is 437 g/mol. The topological polar surface area (TPSA) is 43.7 Å². The minimum atomic E-state index is 0.449. The van der Waals surface area contributed by atoms with Crippen LogP contribution in [0.25, 0.3) is 0 Å². The largest absolute Gasteiger partial charge is 0.511 e. The summed E-state index contributed by atoms with van der Waals surface area (Å²) in [5.74, 6) is 0.898. The van der Waals surface area contributed by atoms with Crippen molar-refractivity contribution in [1.29, 1.82) is 0 Å². The number of hydrogen-bond acceptors (Lipinski definition) is 3. The molecule has 0 bridgehead atoms. The Labute approximate surface area is 195 Å². The predicted octanol–water partition coefficient (Wildman–Crippen LogP) is 9.95. The molecule has 0 aliphatic carbocycles. The van der Waals surface area contributed by atoms with E-state index in [1.165, 1.54) is 96.3 Å². The normalized spacial score (nSPS) is 12.5. The van der Waals surface area contributed by atoms with E-state index in [2.05, 4.69) is 20.8 Å². The molecule has 0 unspecified atom stereocenters. The highest BCUT2D eigenvalue weighted by atomic mass is 16.3. The van der Waals surface area contributed by atoms with Gasteiger partial charge in [0.1, 0.15) is 11.5 Å². The highest BCUT2D eigenvalue weighted by Crippen LogP contribution is 2.15. The number of nitrogens with zero attached hydrogens (tertiary/aromatic N) is 1. The number of aliphatic hydroxyl groups excluding tert-OH is 2. The van der Waals surface area contributed by atoms with E-state index in [4.69, 9.17) is 0 Å². The molecular weight excluding hydrogens is 382 g/mol. The maximum Gasteiger partial charge on any atom is 0.108 e. The zero-order valence-corrected chi connectivity index (χ0v) is 21.3. The molecule has 0 aliphatic heterocycles. The maximum absolute atomic E-state index is 10.4. The van der Waals surface area contributed by atoms with Crippen LogP contribution >= 0.6 is 0 Å². The van der Waals surface area contributed by atoms with Gasteiger partial charge in [-0.25, -0.2) is 0 Å². The van der Waals surface area contributed by atoms with Crippen LogP contribution in [0, 0.1) is 0 Å². The predicted molar refractivity (Wildman–Crippen MR) is 137 cm³/mol. The Morgan fingerprint density at radius 1 is 0.484 bits per heavy atom. The molecule has 0 radical (unpaired) electrons. The summed E-state index contributed by atoms with van der Waals surface area (Å²) < 4.78 is 0. The van der Waals surface area contributed by atoms with Crippen molar-refractivity contribution >= 4 is 0 Å². The molecule has 3 nitrogen and oxygen atoms in total. The van der Waals surface area contributed by atoms with Gasteiger partial charge in [0.05, 0.1) is 0 Å². The van der Waals surface area contributed by atoms with Crippen LogP contribution in [0.4, 0.5) is 0 Å². The first-order valence-corrected chi connectivity index (χ1v) is 13.7. The van der Waals surface area contributed by atoms with Crippen LogP contribution in [-0.2, 0) is 0 Å². The number of aliphatic hydroxyl groups is 2. The molecule has 0 saturated carbocycles. The summed E-state index contributed by atoms with van der Waals surface area (Å²) in [7, 11) is 0. The second kappa shape index (κ2) is 23.5. The van der Waals surface area contributed by atoms with E-state index < -0.39 is 0 Å². The van der Waals surface area contributed by atoms with Gasteiger partial charge in [0.2, 0.25) is 0 Å². The van der Waals surface area contributed by atoms with Crippen molar-refractivity contribution in [3.05, 3.63) is 23.9 Å². The third-order valence-electron chi connectivity index (χ3n) is 5.97. The van der Waals surface area contributed by atoms with Crippen molar-refractivity contribution in [2.75, 3.05) is 6.54 Å². The lowest BCUT2D eigenvalue weighted by atomic mass is 10.1. The lowest BCUT2D eigenvalue weighted by Crippen LogP contribution is -2.14. The van der Waals surface area contributed by atoms with Gasteiger partial charge in [0.15, 0.2) is 0 Å². The Hall–Kier alpha value is -1.12. The summed E-state index contributed by atoms with van der Waals surface area (Å²) in [6.07, 6.45) is 27.5. The van der Waals surface area contributed by atoms with E-state index in [0.29, 0.717) is 11.5 Å². The summed E-state index contributed by atoms with van der Waals surface area (Å²) >= 11 is 0. The Bertz CT molecular complexity index is 399. The van der Waals surface area contributed by atoms with Gasteiger partial charge in [0, 0.05) is 31.8 Å². The lowest BCUT2D eigenvalue weighted by Gasteiger charge is -2.17. The quantitative estimate of drug-likeness (QED) is 0.123. The van der Waals surface area contributed by atoms with Crippen LogP contribution in [0.3, 0.4) is 0 Å². The molecular formula is C28H55NO2. The zero-order valence-electron chi connectivity index (χ0n) is 21.3. The summed E-state index contributed by atoms with van der Waals surface area (Å²) in [5.41, 5.74) is 0. The lowest BCUT2D eigenvalue weighted by molar-refractivity contribution is 0.334. The van der Waals surface area contributed by atoms with E-state index in [0.717, 1.165) is 38.6 Å².